The number of rotatable bonds is 2. The molecule has 0 bridgehead atoms. The maximum Gasteiger partial charge on any atom is 0.573 e. The van der Waals surface area contributed by atoms with Gasteiger partial charge in [-0.1, -0.05) is 6.07 Å². The predicted octanol–water partition coefficient (Wildman–Crippen LogP) is 3.51. The molecule has 1 aromatic rings. The summed E-state index contributed by atoms with van der Waals surface area (Å²) in [5.74, 6) is -0.632. The Balaban J connectivity index is 2.96. The first-order valence-electron chi connectivity index (χ1n) is 6.26. The van der Waals surface area contributed by atoms with Crippen LogP contribution >= 0.6 is 0 Å². The Hall–Kier alpha value is -2.65. The summed E-state index contributed by atoms with van der Waals surface area (Å²) in [7, 11) is 0. The molecule has 0 radical (unpaired) electrons. The molecule has 0 heterocycles. The summed E-state index contributed by atoms with van der Waals surface area (Å²) in [6.07, 6.45) is -7.63. The lowest BCUT2D eigenvalue weighted by molar-refractivity contribution is -0.274. The van der Waals surface area contributed by atoms with Crippen LogP contribution in [0.25, 0.3) is 0 Å². The van der Waals surface area contributed by atoms with E-state index in [1.165, 1.54) is 6.07 Å². The van der Waals surface area contributed by atoms with Crippen molar-refractivity contribution in [2.75, 3.05) is 5.01 Å². The Morgan fingerprint density at radius 1 is 1.22 bits per heavy atom. The minimum atomic E-state index is -4.93. The van der Waals surface area contributed by atoms with E-state index in [4.69, 9.17) is 9.84 Å². The number of alkyl halides is 3. The van der Waals surface area contributed by atoms with Crippen LogP contribution < -0.4 is 15.2 Å². The Bertz CT molecular complexity index is 584. The first-order valence-corrected chi connectivity index (χ1v) is 6.26. The Kier molecular flexibility index (Phi) is 5.30. The van der Waals surface area contributed by atoms with Crippen molar-refractivity contribution in [1.29, 1.82) is 0 Å². The van der Waals surface area contributed by atoms with Crippen molar-refractivity contribution < 1.29 is 37.3 Å². The highest BCUT2D eigenvalue weighted by Crippen LogP contribution is 2.26. The number of carboxylic acid groups (broad SMARTS) is 1. The predicted molar refractivity (Wildman–Crippen MR) is 73.0 cm³/mol. The largest absolute Gasteiger partial charge is 0.573 e. The molecule has 2 N–H and O–H groups in total. The third-order valence-corrected chi connectivity index (χ3v) is 2.10. The zero-order chi connectivity index (χ0) is 17.8. The minimum absolute atomic E-state index is 0.259. The second-order valence-corrected chi connectivity index (χ2v) is 5.28. The third kappa shape index (κ3) is 6.76. The number of hydrogen-bond donors (Lipinski definition) is 2. The fraction of sp³-hybridized carbons (Fsp3) is 0.385. The van der Waals surface area contributed by atoms with E-state index < -0.39 is 29.9 Å². The Morgan fingerprint density at radius 3 is 2.30 bits per heavy atom. The summed E-state index contributed by atoms with van der Waals surface area (Å²) in [5.41, 5.74) is 0.777. The van der Waals surface area contributed by atoms with E-state index in [0.29, 0.717) is 5.01 Å². The molecule has 1 rings (SSSR count). The summed E-state index contributed by atoms with van der Waals surface area (Å²) < 4.78 is 45.1. The quantitative estimate of drug-likeness (QED) is 0.807. The molecule has 0 aliphatic carbocycles. The van der Waals surface area contributed by atoms with E-state index in [2.05, 4.69) is 4.74 Å². The van der Waals surface area contributed by atoms with Crippen LogP contribution in [0.4, 0.5) is 28.4 Å². The Morgan fingerprint density at radius 2 is 1.83 bits per heavy atom. The average molecular weight is 336 g/mol. The lowest BCUT2D eigenvalue weighted by Crippen LogP contribution is -2.47. The number of hydrogen-bond acceptors (Lipinski definition) is 4. The van der Waals surface area contributed by atoms with Gasteiger partial charge in [0, 0.05) is 6.07 Å². The molecule has 0 aromatic heterocycles. The summed E-state index contributed by atoms with van der Waals surface area (Å²) in [6.45, 7) is 4.69. The van der Waals surface area contributed by atoms with Gasteiger partial charge < -0.3 is 14.6 Å². The summed E-state index contributed by atoms with van der Waals surface area (Å²) >= 11 is 0. The fourth-order valence-corrected chi connectivity index (χ4v) is 1.43. The SMILES string of the molecule is CC(C)(C)OC(=O)NN(C(=O)O)c1cccc(OC(F)(F)F)c1. The van der Waals surface area contributed by atoms with E-state index in [-0.39, 0.29) is 5.69 Å². The third-order valence-electron chi connectivity index (χ3n) is 2.10. The van der Waals surface area contributed by atoms with Crippen LogP contribution in [0, 0.1) is 0 Å². The molecule has 0 fully saturated rings. The van der Waals surface area contributed by atoms with Gasteiger partial charge in [-0.15, -0.1) is 13.2 Å². The van der Waals surface area contributed by atoms with Crippen molar-refractivity contribution in [2.24, 2.45) is 0 Å². The molecule has 2 amide bonds. The number of halogens is 3. The van der Waals surface area contributed by atoms with E-state index in [1.807, 2.05) is 5.43 Å². The number of amides is 2. The molecule has 7 nitrogen and oxygen atoms in total. The number of carbonyl (C=O) groups is 2. The van der Waals surface area contributed by atoms with Gasteiger partial charge in [-0.25, -0.2) is 15.0 Å². The number of carbonyl (C=O) groups excluding carboxylic acids is 1. The minimum Gasteiger partial charge on any atom is -0.463 e. The highest BCUT2D eigenvalue weighted by atomic mass is 19.4. The lowest BCUT2D eigenvalue weighted by Gasteiger charge is -2.24. The molecule has 0 unspecified atom stereocenters. The van der Waals surface area contributed by atoms with Crippen LogP contribution in [0.1, 0.15) is 20.8 Å². The van der Waals surface area contributed by atoms with Crippen molar-refractivity contribution in [3.05, 3.63) is 24.3 Å². The van der Waals surface area contributed by atoms with Gasteiger partial charge in [0.1, 0.15) is 11.4 Å². The number of anilines is 1. The molecular weight excluding hydrogens is 321 g/mol. The fourth-order valence-electron chi connectivity index (χ4n) is 1.43. The number of hydrazine groups is 1. The lowest BCUT2D eigenvalue weighted by atomic mass is 10.2. The van der Waals surface area contributed by atoms with Crippen molar-refractivity contribution >= 4 is 17.9 Å². The molecule has 0 spiro atoms. The second-order valence-electron chi connectivity index (χ2n) is 5.28. The molecule has 0 aliphatic rings. The molecule has 1 aromatic carbocycles. The number of nitrogens with one attached hydrogen (secondary N) is 1. The van der Waals surface area contributed by atoms with Crippen LogP contribution in [0.3, 0.4) is 0 Å². The van der Waals surface area contributed by atoms with Gasteiger partial charge in [-0.3, -0.25) is 0 Å². The summed E-state index contributed by atoms with van der Waals surface area (Å²) in [6, 6.07) is 4.11. The second kappa shape index (κ2) is 6.63. The zero-order valence-electron chi connectivity index (χ0n) is 12.5. The van der Waals surface area contributed by atoms with Gasteiger partial charge in [0.2, 0.25) is 0 Å². The molecule has 0 aliphatic heterocycles. The van der Waals surface area contributed by atoms with Crippen LogP contribution in [0.15, 0.2) is 24.3 Å². The van der Waals surface area contributed by atoms with E-state index in [9.17, 15) is 22.8 Å². The highest BCUT2D eigenvalue weighted by Gasteiger charge is 2.31. The highest BCUT2D eigenvalue weighted by molar-refractivity contribution is 5.89. The van der Waals surface area contributed by atoms with E-state index in [0.717, 1.165) is 18.2 Å². The van der Waals surface area contributed by atoms with Gasteiger partial charge in [0.05, 0.1) is 5.69 Å². The van der Waals surface area contributed by atoms with Crippen molar-refractivity contribution in [1.82, 2.24) is 5.43 Å². The first-order chi connectivity index (χ1) is 10.4. The van der Waals surface area contributed by atoms with Crippen LogP contribution in [0.2, 0.25) is 0 Å². The van der Waals surface area contributed by atoms with Gasteiger partial charge in [-0.05, 0) is 32.9 Å². The number of benzene rings is 1. The molecule has 0 atom stereocenters. The van der Waals surface area contributed by atoms with Crippen molar-refractivity contribution in [2.45, 2.75) is 32.7 Å². The molecular formula is C13H15F3N2O5. The number of nitrogens with zero attached hydrogens (tertiary/aromatic N) is 1. The summed E-state index contributed by atoms with van der Waals surface area (Å²) in [5, 5.41) is 9.41. The van der Waals surface area contributed by atoms with Gasteiger partial charge in [-0.2, -0.15) is 5.01 Å². The van der Waals surface area contributed by atoms with Crippen LogP contribution in [0.5, 0.6) is 5.75 Å². The topological polar surface area (TPSA) is 88.1 Å². The molecule has 0 saturated heterocycles. The maximum absolute atomic E-state index is 12.2. The molecule has 23 heavy (non-hydrogen) atoms. The van der Waals surface area contributed by atoms with Gasteiger partial charge >= 0.3 is 18.5 Å². The van der Waals surface area contributed by atoms with E-state index in [1.54, 1.807) is 20.8 Å². The average Bonchev–Trinajstić information content (AvgIpc) is 2.31. The normalized spacial score (nSPS) is 11.6. The maximum atomic E-state index is 12.2. The Labute approximate surface area is 129 Å². The van der Waals surface area contributed by atoms with E-state index >= 15 is 0 Å². The van der Waals surface area contributed by atoms with Crippen LogP contribution in [-0.4, -0.2) is 29.3 Å². The van der Waals surface area contributed by atoms with Gasteiger partial charge in [0.25, 0.3) is 0 Å². The monoisotopic (exact) mass is 336 g/mol. The van der Waals surface area contributed by atoms with Gasteiger partial charge in [0.15, 0.2) is 0 Å². The summed E-state index contributed by atoms with van der Waals surface area (Å²) in [4.78, 5) is 22.8. The molecule has 10 heteroatoms. The molecule has 0 saturated carbocycles. The zero-order valence-corrected chi connectivity index (χ0v) is 12.5. The first kappa shape index (κ1) is 18.4. The number of ether oxygens (including phenoxy) is 2. The van der Waals surface area contributed by atoms with Crippen LogP contribution in [-0.2, 0) is 4.74 Å². The molecule has 128 valence electrons. The standard InChI is InChI=1S/C13H15F3N2O5/c1-12(2,3)23-10(19)17-18(11(20)21)8-5-4-6-9(7-8)22-13(14,15)16/h4-7H,1-3H3,(H,17,19)(H,20,21). The van der Waals surface area contributed by atoms with Crippen molar-refractivity contribution in [3.63, 3.8) is 0 Å². The van der Waals surface area contributed by atoms with Crippen molar-refractivity contribution in [3.8, 4) is 5.75 Å². The smallest absolute Gasteiger partial charge is 0.463 e.